The van der Waals surface area contributed by atoms with E-state index in [1.165, 1.54) is 11.1 Å². The Hall–Kier alpha value is -1.81. The third kappa shape index (κ3) is 3.60. The average molecular weight is 245 g/mol. The number of nitrogens with one attached hydrogen (secondary N) is 1. The Labute approximate surface area is 108 Å². The summed E-state index contributed by atoms with van der Waals surface area (Å²) < 4.78 is 7.08. The minimum atomic E-state index is 0.865. The maximum Gasteiger partial charge on any atom is 0.118 e. The number of aromatic nitrogens is 2. The monoisotopic (exact) mass is 245 g/mol. The van der Waals surface area contributed by atoms with E-state index >= 15 is 0 Å². The number of hydrogen-bond donors (Lipinski definition) is 1. The van der Waals surface area contributed by atoms with Crippen LogP contribution < -0.4 is 10.1 Å². The van der Waals surface area contributed by atoms with Crippen LogP contribution in [0, 0.1) is 6.92 Å². The molecule has 2 aromatic rings. The highest BCUT2D eigenvalue weighted by molar-refractivity contribution is 5.26. The van der Waals surface area contributed by atoms with Crippen molar-refractivity contribution in [3.63, 3.8) is 0 Å². The highest BCUT2D eigenvalue weighted by atomic mass is 16.5. The molecule has 0 aliphatic rings. The molecular weight excluding hydrogens is 226 g/mol. The molecule has 0 aliphatic carbocycles. The molecule has 0 amide bonds. The second-order valence-electron chi connectivity index (χ2n) is 4.31. The van der Waals surface area contributed by atoms with E-state index in [1.54, 1.807) is 7.11 Å². The number of aryl methyl sites for hydroxylation is 1. The third-order valence-corrected chi connectivity index (χ3v) is 2.77. The maximum absolute atomic E-state index is 5.12. The van der Waals surface area contributed by atoms with Crippen molar-refractivity contribution in [2.75, 3.05) is 13.7 Å². The summed E-state index contributed by atoms with van der Waals surface area (Å²) in [5.74, 6) is 0.894. The fourth-order valence-electron chi connectivity index (χ4n) is 1.76. The molecule has 0 spiro atoms. The molecule has 0 aliphatic heterocycles. The Bertz CT molecular complexity index is 476. The van der Waals surface area contributed by atoms with Gasteiger partial charge in [-0.05, 0) is 30.2 Å². The molecule has 4 nitrogen and oxygen atoms in total. The number of methoxy groups -OCH3 is 1. The summed E-state index contributed by atoms with van der Waals surface area (Å²) in [5.41, 5.74) is 2.46. The van der Waals surface area contributed by atoms with Gasteiger partial charge in [0.1, 0.15) is 5.75 Å². The zero-order chi connectivity index (χ0) is 12.8. The zero-order valence-electron chi connectivity index (χ0n) is 10.9. The molecule has 1 aromatic heterocycles. The van der Waals surface area contributed by atoms with E-state index < -0.39 is 0 Å². The lowest BCUT2D eigenvalue weighted by atomic mass is 10.2. The Morgan fingerprint density at radius 2 is 2.06 bits per heavy atom. The molecule has 1 heterocycles. The Morgan fingerprint density at radius 3 is 2.67 bits per heavy atom. The van der Waals surface area contributed by atoms with Gasteiger partial charge >= 0.3 is 0 Å². The molecular formula is C14H19N3O. The van der Waals surface area contributed by atoms with Crippen molar-refractivity contribution < 1.29 is 4.74 Å². The number of hydrogen-bond acceptors (Lipinski definition) is 3. The summed E-state index contributed by atoms with van der Waals surface area (Å²) >= 11 is 0. The van der Waals surface area contributed by atoms with E-state index in [9.17, 15) is 0 Å². The van der Waals surface area contributed by atoms with Crippen LogP contribution in [-0.2, 0) is 13.1 Å². The third-order valence-electron chi connectivity index (χ3n) is 2.77. The molecule has 0 radical (unpaired) electrons. The van der Waals surface area contributed by atoms with Crippen LogP contribution in [0.15, 0.2) is 36.7 Å². The fourth-order valence-corrected chi connectivity index (χ4v) is 1.76. The van der Waals surface area contributed by atoms with Crippen molar-refractivity contribution in [3.05, 3.63) is 47.8 Å². The fraction of sp³-hybridized carbons (Fsp3) is 0.357. The molecule has 0 atom stereocenters. The molecule has 96 valence electrons. The zero-order valence-corrected chi connectivity index (χ0v) is 10.9. The van der Waals surface area contributed by atoms with Gasteiger partial charge in [0.25, 0.3) is 0 Å². The molecule has 0 bridgehead atoms. The van der Waals surface area contributed by atoms with E-state index in [0.717, 1.165) is 25.4 Å². The van der Waals surface area contributed by atoms with Crippen molar-refractivity contribution in [3.8, 4) is 5.75 Å². The number of ether oxygens (including phenoxy) is 1. The standard InChI is InChI=1S/C14H19N3O/c1-12-9-16-17(11-12)8-7-15-10-13-3-5-14(18-2)6-4-13/h3-6,9,11,15H,7-8,10H2,1-2H3. The lowest BCUT2D eigenvalue weighted by Crippen LogP contribution is -2.19. The number of nitrogens with zero attached hydrogens (tertiary/aromatic N) is 2. The summed E-state index contributed by atoms with van der Waals surface area (Å²) in [4.78, 5) is 0. The molecule has 0 unspecified atom stereocenters. The van der Waals surface area contributed by atoms with Crippen molar-refractivity contribution in [1.29, 1.82) is 0 Å². The first-order chi connectivity index (χ1) is 8.78. The van der Waals surface area contributed by atoms with E-state index in [2.05, 4.69) is 28.7 Å². The maximum atomic E-state index is 5.12. The minimum absolute atomic E-state index is 0.865. The van der Waals surface area contributed by atoms with E-state index in [4.69, 9.17) is 4.74 Å². The summed E-state index contributed by atoms with van der Waals surface area (Å²) in [6, 6.07) is 8.11. The van der Waals surface area contributed by atoms with Gasteiger partial charge in [0, 0.05) is 19.3 Å². The van der Waals surface area contributed by atoms with Gasteiger partial charge in [-0.25, -0.2) is 0 Å². The summed E-state index contributed by atoms with van der Waals surface area (Å²) in [6.45, 7) is 4.72. The predicted molar refractivity (Wildman–Crippen MR) is 71.7 cm³/mol. The topological polar surface area (TPSA) is 39.1 Å². The summed E-state index contributed by atoms with van der Waals surface area (Å²) in [7, 11) is 1.68. The lowest BCUT2D eigenvalue weighted by Gasteiger charge is -2.06. The minimum Gasteiger partial charge on any atom is -0.497 e. The van der Waals surface area contributed by atoms with Gasteiger partial charge in [0.15, 0.2) is 0 Å². The average Bonchev–Trinajstić information content (AvgIpc) is 2.81. The van der Waals surface area contributed by atoms with E-state index in [1.807, 2.05) is 29.9 Å². The second-order valence-corrected chi connectivity index (χ2v) is 4.31. The van der Waals surface area contributed by atoms with Gasteiger partial charge < -0.3 is 10.1 Å². The Kier molecular flexibility index (Phi) is 4.36. The summed E-state index contributed by atoms with van der Waals surface area (Å²) in [6.07, 6.45) is 3.93. The molecule has 2 rings (SSSR count). The van der Waals surface area contributed by atoms with Crippen LogP contribution in [0.1, 0.15) is 11.1 Å². The molecule has 18 heavy (non-hydrogen) atoms. The van der Waals surface area contributed by atoms with Crippen molar-refractivity contribution >= 4 is 0 Å². The normalized spacial score (nSPS) is 10.6. The molecule has 0 fully saturated rings. The molecule has 1 N–H and O–H groups in total. The van der Waals surface area contributed by atoms with Crippen LogP contribution >= 0.6 is 0 Å². The van der Waals surface area contributed by atoms with Gasteiger partial charge in [0.05, 0.1) is 19.9 Å². The second kappa shape index (κ2) is 6.21. The van der Waals surface area contributed by atoms with Crippen LogP contribution in [0.5, 0.6) is 5.75 Å². The highest BCUT2D eigenvalue weighted by Crippen LogP contribution is 2.10. The van der Waals surface area contributed by atoms with Crippen molar-refractivity contribution in [2.24, 2.45) is 0 Å². The SMILES string of the molecule is COc1ccc(CNCCn2cc(C)cn2)cc1. The molecule has 0 saturated heterocycles. The quantitative estimate of drug-likeness (QED) is 0.791. The van der Waals surface area contributed by atoms with Gasteiger partial charge in [-0.2, -0.15) is 5.10 Å². The van der Waals surface area contributed by atoms with E-state index in [0.29, 0.717) is 0 Å². The van der Waals surface area contributed by atoms with E-state index in [-0.39, 0.29) is 0 Å². The lowest BCUT2D eigenvalue weighted by molar-refractivity contribution is 0.414. The molecule has 4 heteroatoms. The largest absolute Gasteiger partial charge is 0.497 e. The first-order valence-electron chi connectivity index (χ1n) is 6.10. The number of rotatable bonds is 6. The number of benzene rings is 1. The van der Waals surface area contributed by atoms with Crippen LogP contribution in [-0.4, -0.2) is 23.4 Å². The van der Waals surface area contributed by atoms with Crippen molar-refractivity contribution in [2.45, 2.75) is 20.0 Å². The first-order valence-corrected chi connectivity index (χ1v) is 6.10. The van der Waals surface area contributed by atoms with Crippen LogP contribution in [0.25, 0.3) is 0 Å². The van der Waals surface area contributed by atoms with Gasteiger partial charge in [-0.1, -0.05) is 12.1 Å². The Balaban J connectivity index is 1.71. The predicted octanol–water partition coefficient (Wildman–Crippen LogP) is 1.99. The van der Waals surface area contributed by atoms with Crippen LogP contribution in [0.4, 0.5) is 0 Å². The smallest absolute Gasteiger partial charge is 0.118 e. The molecule has 0 saturated carbocycles. The van der Waals surface area contributed by atoms with Gasteiger partial charge in [-0.3, -0.25) is 4.68 Å². The molecule has 1 aromatic carbocycles. The van der Waals surface area contributed by atoms with Crippen LogP contribution in [0.3, 0.4) is 0 Å². The van der Waals surface area contributed by atoms with Crippen LogP contribution in [0.2, 0.25) is 0 Å². The Morgan fingerprint density at radius 1 is 1.28 bits per heavy atom. The first kappa shape index (κ1) is 12.6. The van der Waals surface area contributed by atoms with Crippen molar-refractivity contribution in [1.82, 2.24) is 15.1 Å². The van der Waals surface area contributed by atoms with Gasteiger partial charge in [0.2, 0.25) is 0 Å². The van der Waals surface area contributed by atoms with Gasteiger partial charge in [-0.15, -0.1) is 0 Å². The highest BCUT2D eigenvalue weighted by Gasteiger charge is 1.96. The summed E-state index contributed by atoms with van der Waals surface area (Å²) in [5, 5.41) is 7.64.